The van der Waals surface area contributed by atoms with E-state index in [0.717, 1.165) is 11.3 Å². The van der Waals surface area contributed by atoms with Gasteiger partial charge in [0.1, 0.15) is 5.82 Å². The standard InChI is InChI=1S/C23H19Cl2N5O2S/c1-13(21-26-12-18(29-21)14-7-8-16(24)17(25)11-14)27-22(31)19-9-10-20(33-19)30-23(32)28-15-5-3-2-4-6-15/h2-13H,1H3,(H,26,29)(H,27,31)(H2,28,30,32). The molecule has 2 aromatic heterocycles. The van der Waals surface area contributed by atoms with Gasteiger partial charge in [0.15, 0.2) is 0 Å². The van der Waals surface area contributed by atoms with Crippen LogP contribution < -0.4 is 16.0 Å². The third kappa shape index (κ3) is 5.73. The molecule has 7 nitrogen and oxygen atoms in total. The molecule has 3 amide bonds. The average Bonchev–Trinajstić information content (AvgIpc) is 3.46. The van der Waals surface area contributed by atoms with E-state index in [9.17, 15) is 9.59 Å². The number of nitrogens with one attached hydrogen (secondary N) is 4. The minimum Gasteiger partial charge on any atom is -0.342 e. The van der Waals surface area contributed by atoms with Crippen LogP contribution in [0.4, 0.5) is 15.5 Å². The Balaban J connectivity index is 1.36. The molecule has 0 radical (unpaired) electrons. The van der Waals surface area contributed by atoms with Gasteiger partial charge in [-0.3, -0.25) is 10.1 Å². The largest absolute Gasteiger partial charge is 0.342 e. The van der Waals surface area contributed by atoms with Crippen LogP contribution in [-0.4, -0.2) is 21.9 Å². The van der Waals surface area contributed by atoms with Crippen LogP contribution in [0, 0.1) is 0 Å². The zero-order valence-electron chi connectivity index (χ0n) is 17.4. The molecule has 0 aliphatic heterocycles. The molecule has 1 atom stereocenters. The number of H-pyrrole nitrogens is 1. The van der Waals surface area contributed by atoms with E-state index in [0.29, 0.717) is 31.4 Å². The van der Waals surface area contributed by atoms with Crippen LogP contribution in [0.5, 0.6) is 0 Å². The van der Waals surface area contributed by atoms with E-state index in [2.05, 4.69) is 25.9 Å². The summed E-state index contributed by atoms with van der Waals surface area (Å²) in [6.07, 6.45) is 1.68. The monoisotopic (exact) mass is 499 g/mol. The number of urea groups is 1. The van der Waals surface area contributed by atoms with Gasteiger partial charge >= 0.3 is 6.03 Å². The van der Waals surface area contributed by atoms with E-state index >= 15 is 0 Å². The molecule has 0 aliphatic carbocycles. The molecule has 0 spiro atoms. The van der Waals surface area contributed by atoms with Gasteiger partial charge in [0.25, 0.3) is 5.91 Å². The molecule has 1 unspecified atom stereocenters. The fourth-order valence-electron chi connectivity index (χ4n) is 3.03. The highest BCUT2D eigenvalue weighted by Gasteiger charge is 2.17. The average molecular weight is 500 g/mol. The normalized spacial score (nSPS) is 11.6. The summed E-state index contributed by atoms with van der Waals surface area (Å²) in [4.78, 5) is 32.8. The predicted octanol–water partition coefficient (Wildman–Crippen LogP) is 6.58. The number of hydrogen-bond donors (Lipinski definition) is 4. The fraction of sp³-hybridized carbons (Fsp3) is 0.0870. The number of para-hydroxylation sites is 1. The molecule has 33 heavy (non-hydrogen) atoms. The molecular formula is C23H19Cl2N5O2S. The molecule has 0 fully saturated rings. The van der Waals surface area contributed by atoms with Crippen LogP contribution in [0.25, 0.3) is 11.3 Å². The lowest BCUT2D eigenvalue weighted by Gasteiger charge is -2.10. The van der Waals surface area contributed by atoms with Crippen molar-refractivity contribution in [2.45, 2.75) is 13.0 Å². The van der Waals surface area contributed by atoms with Gasteiger partial charge in [0, 0.05) is 11.3 Å². The van der Waals surface area contributed by atoms with Crippen LogP contribution >= 0.6 is 34.5 Å². The number of benzene rings is 2. The van der Waals surface area contributed by atoms with Crippen LogP contribution in [-0.2, 0) is 0 Å². The van der Waals surface area contributed by atoms with Crippen LogP contribution in [0.3, 0.4) is 0 Å². The Kier molecular flexibility index (Phi) is 6.98. The van der Waals surface area contributed by atoms with Crippen molar-refractivity contribution in [1.29, 1.82) is 0 Å². The number of anilines is 2. The van der Waals surface area contributed by atoms with Crippen molar-refractivity contribution in [1.82, 2.24) is 15.3 Å². The number of hydrogen-bond acceptors (Lipinski definition) is 4. The molecule has 10 heteroatoms. The highest BCUT2D eigenvalue weighted by Crippen LogP contribution is 2.28. The first-order valence-corrected chi connectivity index (χ1v) is 11.5. The second kappa shape index (κ2) is 10.1. The lowest BCUT2D eigenvalue weighted by atomic mass is 10.2. The second-order valence-electron chi connectivity index (χ2n) is 7.12. The van der Waals surface area contributed by atoms with Crippen LogP contribution in [0.1, 0.15) is 28.5 Å². The second-order valence-corrected chi connectivity index (χ2v) is 9.01. The summed E-state index contributed by atoms with van der Waals surface area (Å²) in [6.45, 7) is 1.83. The zero-order chi connectivity index (χ0) is 23.4. The number of nitrogens with zero attached hydrogens (tertiary/aromatic N) is 1. The maximum absolute atomic E-state index is 12.7. The Morgan fingerprint density at radius 1 is 1.00 bits per heavy atom. The molecule has 4 aromatic rings. The van der Waals surface area contributed by atoms with Gasteiger partial charge in [-0.2, -0.15) is 0 Å². The number of carbonyl (C=O) groups excluding carboxylic acids is 2. The minimum absolute atomic E-state index is 0.267. The number of amides is 3. The highest BCUT2D eigenvalue weighted by atomic mass is 35.5. The molecule has 0 saturated heterocycles. The third-order valence-corrected chi connectivity index (χ3v) is 6.42. The molecule has 4 N–H and O–H groups in total. The summed E-state index contributed by atoms with van der Waals surface area (Å²) in [5.41, 5.74) is 2.28. The lowest BCUT2D eigenvalue weighted by molar-refractivity contribution is 0.0942. The summed E-state index contributed by atoms with van der Waals surface area (Å²) in [7, 11) is 0. The zero-order valence-corrected chi connectivity index (χ0v) is 19.7. The maximum atomic E-state index is 12.7. The molecule has 2 aromatic carbocycles. The van der Waals surface area contributed by atoms with Gasteiger partial charge in [-0.25, -0.2) is 9.78 Å². The summed E-state index contributed by atoms with van der Waals surface area (Å²) >= 11 is 13.2. The van der Waals surface area contributed by atoms with E-state index in [4.69, 9.17) is 23.2 Å². The van der Waals surface area contributed by atoms with Crippen molar-refractivity contribution >= 4 is 57.2 Å². The van der Waals surface area contributed by atoms with E-state index in [1.54, 1.807) is 42.6 Å². The van der Waals surface area contributed by atoms with Crippen molar-refractivity contribution in [2.75, 3.05) is 10.6 Å². The lowest BCUT2D eigenvalue weighted by Crippen LogP contribution is -2.26. The number of aromatic nitrogens is 2. The molecular weight excluding hydrogens is 481 g/mol. The number of halogens is 2. The number of thiophene rings is 1. The molecule has 2 heterocycles. The first kappa shape index (κ1) is 22.8. The van der Waals surface area contributed by atoms with Crippen molar-refractivity contribution in [3.63, 3.8) is 0 Å². The van der Waals surface area contributed by atoms with Crippen LogP contribution in [0.15, 0.2) is 66.9 Å². The topological polar surface area (TPSA) is 98.9 Å². The first-order valence-electron chi connectivity index (χ1n) is 9.93. The Bertz CT molecular complexity index is 1290. The quantitative estimate of drug-likeness (QED) is 0.241. The van der Waals surface area contributed by atoms with Gasteiger partial charge in [0.2, 0.25) is 0 Å². The van der Waals surface area contributed by atoms with Gasteiger partial charge in [-0.15, -0.1) is 11.3 Å². The van der Waals surface area contributed by atoms with Crippen LogP contribution in [0.2, 0.25) is 10.0 Å². The fourth-order valence-corrected chi connectivity index (χ4v) is 4.13. The van der Waals surface area contributed by atoms with Crippen molar-refractivity contribution < 1.29 is 9.59 Å². The summed E-state index contributed by atoms with van der Waals surface area (Å²) in [5.74, 6) is 0.332. The Labute approximate surface area is 204 Å². The Morgan fingerprint density at radius 3 is 2.55 bits per heavy atom. The third-order valence-electron chi connectivity index (χ3n) is 4.68. The number of aromatic amines is 1. The predicted molar refractivity (Wildman–Crippen MR) is 133 cm³/mol. The van der Waals surface area contributed by atoms with E-state index in [1.165, 1.54) is 11.3 Å². The Hall–Kier alpha value is -3.33. The number of carbonyl (C=O) groups is 2. The SMILES string of the molecule is CC(NC(=O)c1ccc(NC(=O)Nc2ccccc2)s1)c1ncc(-c2ccc(Cl)c(Cl)c2)[nH]1. The summed E-state index contributed by atoms with van der Waals surface area (Å²) in [5, 5.41) is 9.85. The molecule has 4 rings (SSSR count). The van der Waals surface area contributed by atoms with Gasteiger partial charge in [-0.1, -0.05) is 47.5 Å². The maximum Gasteiger partial charge on any atom is 0.324 e. The van der Waals surface area contributed by atoms with E-state index < -0.39 is 0 Å². The molecule has 168 valence electrons. The minimum atomic E-state index is -0.381. The number of rotatable bonds is 6. The molecule has 0 aliphatic rings. The summed E-state index contributed by atoms with van der Waals surface area (Å²) < 4.78 is 0. The van der Waals surface area contributed by atoms with Gasteiger partial charge in [-0.05, 0) is 43.3 Å². The van der Waals surface area contributed by atoms with Gasteiger partial charge in [0.05, 0.1) is 37.9 Å². The van der Waals surface area contributed by atoms with Crippen molar-refractivity contribution in [3.05, 3.63) is 87.6 Å². The highest BCUT2D eigenvalue weighted by molar-refractivity contribution is 7.18. The Morgan fingerprint density at radius 2 is 1.79 bits per heavy atom. The summed E-state index contributed by atoms with van der Waals surface area (Å²) in [6, 6.07) is 17.0. The van der Waals surface area contributed by atoms with Crippen molar-refractivity contribution in [3.8, 4) is 11.3 Å². The smallest absolute Gasteiger partial charge is 0.324 e. The number of imidazole rings is 1. The van der Waals surface area contributed by atoms with Gasteiger partial charge < -0.3 is 15.6 Å². The van der Waals surface area contributed by atoms with E-state index in [-0.39, 0.29) is 18.0 Å². The van der Waals surface area contributed by atoms with Crippen molar-refractivity contribution in [2.24, 2.45) is 0 Å². The first-order chi connectivity index (χ1) is 15.9. The van der Waals surface area contributed by atoms with E-state index in [1.807, 2.05) is 31.2 Å². The molecule has 0 saturated carbocycles. The molecule has 0 bridgehead atoms.